The van der Waals surface area contributed by atoms with Crippen LogP contribution in [0.2, 0.25) is 0 Å². The van der Waals surface area contributed by atoms with Gasteiger partial charge in [0, 0.05) is 6.04 Å². The standard InChI is InChI=1S/C19H31NO/c1-14(2)13-21-19-9-7-18(8-10-19)16(4)20-12-17-6-5-15(3)11-17/h7-10,14-17,20H,5-6,11-13H2,1-4H3. The van der Waals surface area contributed by atoms with E-state index in [0.717, 1.165) is 30.7 Å². The molecule has 118 valence electrons. The van der Waals surface area contributed by atoms with Crippen molar-refractivity contribution in [3.63, 3.8) is 0 Å². The van der Waals surface area contributed by atoms with Crippen molar-refractivity contribution in [2.45, 2.75) is 53.0 Å². The fourth-order valence-electron chi connectivity index (χ4n) is 3.09. The Morgan fingerprint density at radius 1 is 1.14 bits per heavy atom. The molecule has 1 N–H and O–H groups in total. The Morgan fingerprint density at radius 2 is 1.86 bits per heavy atom. The topological polar surface area (TPSA) is 21.3 Å². The van der Waals surface area contributed by atoms with Crippen molar-refractivity contribution >= 4 is 0 Å². The molecule has 1 fully saturated rings. The van der Waals surface area contributed by atoms with Crippen LogP contribution in [0.1, 0.15) is 58.6 Å². The van der Waals surface area contributed by atoms with Gasteiger partial charge in [0.25, 0.3) is 0 Å². The molecule has 0 heterocycles. The molecule has 0 aliphatic heterocycles. The molecule has 0 saturated heterocycles. The quantitative estimate of drug-likeness (QED) is 0.778. The Labute approximate surface area is 130 Å². The summed E-state index contributed by atoms with van der Waals surface area (Å²) in [7, 11) is 0. The van der Waals surface area contributed by atoms with Gasteiger partial charge in [-0.25, -0.2) is 0 Å². The molecule has 2 rings (SSSR count). The number of benzene rings is 1. The third-order valence-corrected chi connectivity index (χ3v) is 4.48. The van der Waals surface area contributed by atoms with E-state index in [2.05, 4.69) is 57.3 Å². The van der Waals surface area contributed by atoms with Crippen LogP contribution < -0.4 is 10.1 Å². The molecule has 1 aliphatic rings. The molecule has 1 aromatic rings. The highest BCUT2D eigenvalue weighted by molar-refractivity contribution is 5.28. The summed E-state index contributed by atoms with van der Waals surface area (Å²) < 4.78 is 5.73. The summed E-state index contributed by atoms with van der Waals surface area (Å²) in [5.41, 5.74) is 1.35. The second-order valence-electron chi connectivity index (χ2n) is 7.19. The van der Waals surface area contributed by atoms with Gasteiger partial charge in [-0.05, 0) is 61.8 Å². The maximum Gasteiger partial charge on any atom is 0.119 e. The van der Waals surface area contributed by atoms with E-state index in [1.54, 1.807) is 0 Å². The molecule has 3 unspecified atom stereocenters. The minimum absolute atomic E-state index is 0.417. The molecule has 0 spiro atoms. The first-order chi connectivity index (χ1) is 10.0. The smallest absolute Gasteiger partial charge is 0.119 e. The van der Waals surface area contributed by atoms with Gasteiger partial charge in [-0.1, -0.05) is 39.3 Å². The van der Waals surface area contributed by atoms with Gasteiger partial charge < -0.3 is 10.1 Å². The number of hydrogen-bond donors (Lipinski definition) is 1. The SMILES string of the molecule is CC(C)COc1ccc(C(C)NCC2CCC(C)C2)cc1. The zero-order valence-electron chi connectivity index (χ0n) is 14.1. The van der Waals surface area contributed by atoms with Gasteiger partial charge in [-0.15, -0.1) is 0 Å². The number of rotatable bonds is 7. The van der Waals surface area contributed by atoms with Gasteiger partial charge in [0.1, 0.15) is 5.75 Å². The molecule has 0 bridgehead atoms. The lowest BCUT2D eigenvalue weighted by Gasteiger charge is -2.18. The average Bonchev–Trinajstić information content (AvgIpc) is 2.89. The highest BCUT2D eigenvalue weighted by atomic mass is 16.5. The van der Waals surface area contributed by atoms with E-state index < -0.39 is 0 Å². The predicted octanol–water partition coefficient (Wildman–Crippen LogP) is 4.81. The Bertz CT molecular complexity index is 412. The summed E-state index contributed by atoms with van der Waals surface area (Å²) in [5.74, 6) is 3.34. The van der Waals surface area contributed by atoms with Crippen LogP contribution in [0.3, 0.4) is 0 Å². The molecule has 2 nitrogen and oxygen atoms in total. The summed E-state index contributed by atoms with van der Waals surface area (Å²) in [5, 5.41) is 3.69. The lowest BCUT2D eigenvalue weighted by atomic mass is 10.0. The summed E-state index contributed by atoms with van der Waals surface area (Å²) in [4.78, 5) is 0. The van der Waals surface area contributed by atoms with Crippen LogP contribution >= 0.6 is 0 Å². The second-order valence-corrected chi connectivity index (χ2v) is 7.19. The lowest BCUT2D eigenvalue weighted by Crippen LogP contribution is -2.24. The van der Waals surface area contributed by atoms with Crippen molar-refractivity contribution in [1.82, 2.24) is 5.32 Å². The van der Waals surface area contributed by atoms with Gasteiger partial charge in [0.05, 0.1) is 6.61 Å². The zero-order valence-corrected chi connectivity index (χ0v) is 14.1. The van der Waals surface area contributed by atoms with E-state index in [1.807, 2.05) is 0 Å². The van der Waals surface area contributed by atoms with Crippen molar-refractivity contribution < 1.29 is 4.74 Å². The number of hydrogen-bond acceptors (Lipinski definition) is 2. The largest absolute Gasteiger partial charge is 0.493 e. The number of ether oxygens (including phenoxy) is 1. The highest BCUT2D eigenvalue weighted by Gasteiger charge is 2.21. The van der Waals surface area contributed by atoms with Crippen molar-refractivity contribution in [3.8, 4) is 5.75 Å². The molecule has 2 heteroatoms. The fraction of sp³-hybridized carbons (Fsp3) is 0.684. The molecule has 0 radical (unpaired) electrons. The van der Waals surface area contributed by atoms with Crippen molar-refractivity contribution in [1.29, 1.82) is 0 Å². The van der Waals surface area contributed by atoms with Crippen molar-refractivity contribution in [3.05, 3.63) is 29.8 Å². The minimum Gasteiger partial charge on any atom is -0.493 e. The highest BCUT2D eigenvalue weighted by Crippen LogP contribution is 2.30. The Hall–Kier alpha value is -1.02. The third kappa shape index (κ3) is 5.35. The van der Waals surface area contributed by atoms with Gasteiger partial charge in [0.15, 0.2) is 0 Å². The van der Waals surface area contributed by atoms with E-state index in [4.69, 9.17) is 4.74 Å². The Morgan fingerprint density at radius 3 is 2.43 bits per heavy atom. The third-order valence-electron chi connectivity index (χ3n) is 4.48. The predicted molar refractivity (Wildman–Crippen MR) is 89.7 cm³/mol. The van der Waals surface area contributed by atoms with Crippen LogP contribution in [0.4, 0.5) is 0 Å². The van der Waals surface area contributed by atoms with Crippen LogP contribution in [0.5, 0.6) is 5.75 Å². The molecular formula is C19H31NO. The van der Waals surface area contributed by atoms with E-state index in [9.17, 15) is 0 Å². The van der Waals surface area contributed by atoms with Crippen molar-refractivity contribution in [2.24, 2.45) is 17.8 Å². The maximum absolute atomic E-state index is 5.73. The van der Waals surface area contributed by atoms with Gasteiger partial charge in [-0.2, -0.15) is 0 Å². The Kier molecular flexibility index (Phi) is 6.10. The van der Waals surface area contributed by atoms with Crippen LogP contribution in [0.25, 0.3) is 0 Å². The van der Waals surface area contributed by atoms with Crippen LogP contribution in [0, 0.1) is 17.8 Å². The fourth-order valence-corrected chi connectivity index (χ4v) is 3.09. The first-order valence-corrected chi connectivity index (χ1v) is 8.50. The lowest BCUT2D eigenvalue weighted by molar-refractivity contribution is 0.271. The molecule has 1 aliphatic carbocycles. The van der Waals surface area contributed by atoms with Crippen molar-refractivity contribution in [2.75, 3.05) is 13.2 Å². The first-order valence-electron chi connectivity index (χ1n) is 8.50. The van der Waals surface area contributed by atoms with E-state index in [1.165, 1.54) is 24.8 Å². The summed E-state index contributed by atoms with van der Waals surface area (Å²) in [6.45, 7) is 10.9. The second kappa shape index (κ2) is 7.84. The summed E-state index contributed by atoms with van der Waals surface area (Å²) in [6.07, 6.45) is 4.19. The molecular weight excluding hydrogens is 258 g/mol. The van der Waals surface area contributed by atoms with Gasteiger partial charge in [-0.3, -0.25) is 0 Å². The summed E-state index contributed by atoms with van der Waals surface area (Å²) >= 11 is 0. The summed E-state index contributed by atoms with van der Waals surface area (Å²) in [6, 6.07) is 8.97. The normalized spacial score (nSPS) is 23.5. The van der Waals surface area contributed by atoms with E-state index in [0.29, 0.717) is 12.0 Å². The van der Waals surface area contributed by atoms with Crippen LogP contribution in [-0.4, -0.2) is 13.2 Å². The first kappa shape index (κ1) is 16.4. The average molecular weight is 289 g/mol. The van der Waals surface area contributed by atoms with E-state index in [-0.39, 0.29) is 0 Å². The van der Waals surface area contributed by atoms with Gasteiger partial charge in [0.2, 0.25) is 0 Å². The molecule has 21 heavy (non-hydrogen) atoms. The Balaban J connectivity index is 1.78. The zero-order chi connectivity index (χ0) is 15.2. The molecule has 1 aromatic carbocycles. The monoisotopic (exact) mass is 289 g/mol. The molecule has 1 saturated carbocycles. The van der Waals surface area contributed by atoms with E-state index >= 15 is 0 Å². The number of nitrogens with one attached hydrogen (secondary N) is 1. The molecule has 0 aromatic heterocycles. The maximum atomic E-state index is 5.73. The molecule has 0 amide bonds. The van der Waals surface area contributed by atoms with Gasteiger partial charge >= 0.3 is 0 Å². The van der Waals surface area contributed by atoms with Crippen LogP contribution in [-0.2, 0) is 0 Å². The minimum atomic E-state index is 0.417. The van der Waals surface area contributed by atoms with Crippen LogP contribution in [0.15, 0.2) is 24.3 Å². The molecule has 3 atom stereocenters.